The van der Waals surface area contributed by atoms with Crippen LogP contribution in [0.15, 0.2) is 12.3 Å². The lowest BCUT2D eigenvalue weighted by Gasteiger charge is -2.04. The number of hydrogen-bond acceptors (Lipinski definition) is 3. The zero-order chi connectivity index (χ0) is 7.98. The standard InChI is InChI=1S/C7H12O3/c1-4-9-6(3)7(8)10-5-2/h3-5H2,1-2H3. The predicted octanol–water partition coefficient (Wildman–Crippen LogP) is 1.10. The van der Waals surface area contributed by atoms with Crippen LogP contribution in [0, 0.1) is 0 Å². The van der Waals surface area contributed by atoms with Crippen LogP contribution in [-0.4, -0.2) is 19.2 Å². The lowest BCUT2D eigenvalue weighted by molar-refractivity contribution is -0.142. The first-order valence-electron chi connectivity index (χ1n) is 3.21. The Kier molecular flexibility index (Phi) is 4.37. The normalized spacial score (nSPS) is 8.60. The van der Waals surface area contributed by atoms with Gasteiger partial charge in [0.2, 0.25) is 0 Å². The summed E-state index contributed by atoms with van der Waals surface area (Å²) in [6.07, 6.45) is 0. The van der Waals surface area contributed by atoms with Gasteiger partial charge in [0.25, 0.3) is 0 Å². The van der Waals surface area contributed by atoms with Crippen LogP contribution in [0.1, 0.15) is 13.8 Å². The van der Waals surface area contributed by atoms with Crippen molar-refractivity contribution >= 4 is 5.97 Å². The highest BCUT2D eigenvalue weighted by atomic mass is 16.6. The summed E-state index contributed by atoms with van der Waals surface area (Å²) in [5.74, 6) is -0.409. The molecule has 0 atom stereocenters. The highest BCUT2D eigenvalue weighted by Gasteiger charge is 2.06. The molecule has 0 aliphatic rings. The second-order valence-corrected chi connectivity index (χ2v) is 1.58. The van der Waals surface area contributed by atoms with E-state index in [-0.39, 0.29) is 5.76 Å². The van der Waals surface area contributed by atoms with Gasteiger partial charge in [0.1, 0.15) is 0 Å². The minimum absolute atomic E-state index is 0.0735. The molecule has 0 radical (unpaired) electrons. The van der Waals surface area contributed by atoms with E-state index >= 15 is 0 Å². The Bertz CT molecular complexity index is 113. The number of ether oxygens (including phenoxy) is 2. The molecule has 58 valence electrons. The van der Waals surface area contributed by atoms with Crippen molar-refractivity contribution in [3.63, 3.8) is 0 Å². The maximum atomic E-state index is 10.7. The van der Waals surface area contributed by atoms with Crippen LogP contribution in [0.2, 0.25) is 0 Å². The molecular formula is C7H12O3. The molecule has 0 aliphatic carbocycles. The Labute approximate surface area is 60.6 Å². The fourth-order valence-corrected chi connectivity index (χ4v) is 0.445. The molecule has 0 aromatic heterocycles. The summed E-state index contributed by atoms with van der Waals surface area (Å²) >= 11 is 0. The van der Waals surface area contributed by atoms with E-state index in [2.05, 4.69) is 11.3 Å². The number of rotatable bonds is 4. The predicted molar refractivity (Wildman–Crippen MR) is 37.4 cm³/mol. The van der Waals surface area contributed by atoms with E-state index in [4.69, 9.17) is 4.74 Å². The number of esters is 1. The SMILES string of the molecule is C=C(OCC)C(=O)OCC. The molecular weight excluding hydrogens is 132 g/mol. The van der Waals surface area contributed by atoms with Gasteiger partial charge in [-0.2, -0.15) is 0 Å². The number of carbonyl (C=O) groups excluding carboxylic acids is 1. The topological polar surface area (TPSA) is 35.5 Å². The molecule has 0 aliphatic heterocycles. The fraction of sp³-hybridized carbons (Fsp3) is 0.571. The average molecular weight is 144 g/mol. The monoisotopic (exact) mass is 144 g/mol. The molecule has 10 heavy (non-hydrogen) atoms. The molecule has 0 fully saturated rings. The summed E-state index contributed by atoms with van der Waals surface area (Å²) in [7, 11) is 0. The van der Waals surface area contributed by atoms with Crippen LogP contribution < -0.4 is 0 Å². The highest BCUT2D eigenvalue weighted by Crippen LogP contribution is 1.95. The van der Waals surface area contributed by atoms with Gasteiger partial charge in [-0.15, -0.1) is 0 Å². The lowest BCUT2D eigenvalue weighted by Crippen LogP contribution is -2.09. The molecule has 0 amide bonds. The van der Waals surface area contributed by atoms with Gasteiger partial charge in [-0.1, -0.05) is 0 Å². The first kappa shape index (κ1) is 9.01. The van der Waals surface area contributed by atoms with E-state index in [1.807, 2.05) is 0 Å². The van der Waals surface area contributed by atoms with Crippen molar-refractivity contribution in [1.82, 2.24) is 0 Å². The smallest absolute Gasteiger partial charge is 0.372 e. The molecule has 3 heteroatoms. The second-order valence-electron chi connectivity index (χ2n) is 1.58. The molecule has 0 N–H and O–H groups in total. The van der Waals surface area contributed by atoms with Crippen molar-refractivity contribution in [3.8, 4) is 0 Å². The van der Waals surface area contributed by atoms with Gasteiger partial charge in [-0.25, -0.2) is 4.79 Å². The van der Waals surface area contributed by atoms with Gasteiger partial charge in [0.15, 0.2) is 5.76 Å². The molecule has 3 nitrogen and oxygen atoms in total. The van der Waals surface area contributed by atoms with Gasteiger partial charge in [-0.05, 0) is 20.4 Å². The van der Waals surface area contributed by atoms with Gasteiger partial charge in [0.05, 0.1) is 13.2 Å². The first-order valence-corrected chi connectivity index (χ1v) is 3.21. The zero-order valence-electron chi connectivity index (χ0n) is 6.35. The van der Waals surface area contributed by atoms with Crippen molar-refractivity contribution in [1.29, 1.82) is 0 Å². The molecule has 0 bridgehead atoms. The molecule has 0 rings (SSSR count). The third-order valence-electron chi connectivity index (χ3n) is 0.822. The molecule has 0 spiro atoms. The minimum atomic E-state index is -0.482. The zero-order valence-corrected chi connectivity index (χ0v) is 6.35. The summed E-state index contributed by atoms with van der Waals surface area (Å²) in [6, 6.07) is 0. The van der Waals surface area contributed by atoms with Gasteiger partial charge >= 0.3 is 5.97 Å². The summed E-state index contributed by atoms with van der Waals surface area (Å²) in [4.78, 5) is 10.7. The van der Waals surface area contributed by atoms with E-state index < -0.39 is 5.97 Å². The molecule has 0 heterocycles. The average Bonchev–Trinajstić information content (AvgIpc) is 1.89. The summed E-state index contributed by atoms with van der Waals surface area (Å²) < 4.78 is 9.38. The first-order chi connectivity index (χ1) is 4.72. The Morgan fingerprint density at radius 3 is 2.20 bits per heavy atom. The van der Waals surface area contributed by atoms with Crippen LogP contribution in [0.3, 0.4) is 0 Å². The van der Waals surface area contributed by atoms with Crippen LogP contribution in [0.5, 0.6) is 0 Å². The molecule has 0 aromatic rings. The van der Waals surface area contributed by atoms with Gasteiger partial charge in [-0.3, -0.25) is 0 Å². The second kappa shape index (κ2) is 4.85. The van der Waals surface area contributed by atoms with E-state index in [1.165, 1.54) is 0 Å². The van der Waals surface area contributed by atoms with Crippen molar-refractivity contribution in [2.75, 3.05) is 13.2 Å². The number of carbonyl (C=O) groups is 1. The molecule has 0 saturated carbocycles. The van der Waals surface area contributed by atoms with Crippen molar-refractivity contribution in [2.24, 2.45) is 0 Å². The van der Waals surface area contributed by atoms with E-state index in [1.54, 1.807) is 13.8 Å². The lowest BCUT2D eigenvalue weighted by atomic mass is 10.5. The maximum absolute atomic E-state index is 10.7. The van der Waals surface area contributed by atoms with Gasteiger partial charge in [0, 0.05) is 0 Å². The maximum Gasteiger partial charge on any atom is 0.372 e. The summed E-state index contributed by atoms with van der Waals surface area (Å²) in [6.45, 7) is 7.68. The third kappa shape index (κ3) is 3.12. The molecule has 0 aromatic carbocycles. The Morgan fingerprint density at radius 2 is 1.80 bits per heavy atom. The Morgan fingerprint density at radius 1 is 1.30 bits per heavy atom. The third-order valence-corrected chi connectivity index (χ3v) is 0.822. The van der Waals surface area contributed by atoms with Gasteiger partial charge < -0.3 is 9.47 Å². The fourth-order valence-electron chi connectivity index (χ4n) is 0.445. The molecule has 0 unspecified atom stereocenters. The van der Waals surface area contributed by atoms with Crippen LogP contribution in [-0.2, 0) is 14.3 Å². The van der Waals surface area contributed by atoms with Crippen molar-refractivity contribution < 1.29 is 14.3 Å². The highest BCUT2D eigenvalue weighted by molar-refractivity contribution is 5.85. The summed E-state index contributed by atoms with van der Waals surface area (Å²) in [5.41, 5.74) is 0. The van der Waals surface area contributed by atoms with Crippen molar-refractivity contribution in [2.45, 2.75) is 13.8 Å². The Hall–Kier alpha value is -0.990. The summed E-state index contributed by atoms with van der Waals surface area (Å²) in [5, 5.41) is 0. The van der Waals surface area contributed by atoms with E-state index in [9.17, 15) is 4.79 Å². The van der Waals surface area contributed by atoms with Crippen molar-refractivity contribution in [3.05, 3.63) is 12.3 Å². The van der Waals surface area contributed by atoms with Crippen LogP contribution >= 0.6 is 0 Å². The Balaban J connectivity index is 3.60. The van der Waals surface area contributed by atoms with E-state index in [0.717, 1.165) is 0 Å². The van der Waals surface area contributed by atoms with E-state index in [0.29, 0.717) is 13.2 Å². The largest absolute Gasteiger partial charge is 0.487 e. The quantitative estimate of drug-likeness (QED) is 0.336. The van der Waals surface area contributed by atoms with Crippen LogP contribution in [0.25, 0.3) is 0 Å². The number of hydrogen-bond donors (Lipinski definition) is 0. The molecule has 0 saturated heterocycles. The van der Waals surface area contributed by atoms with Crippen LogP contribution in [0.4, 0.5) is 0 Å². The minimum Gasteiger partial charge on any atom is -0.487 e.